The van der Waals surface area contributed by atoms with E-state index in [9.17, 15) is 0 Å². The van der Waals surface area contributed by atoms with E-state index in [0.717, 1.165) is 22.6 Å². The second-order valence-corrected chi connectivity index (χ2v) is 3.47. The van der Waals surface area contributed by atoms with Gasteiger partial charge in [-0.05, 0) is 13.0 Å². The second kappa shape index (κ2) is 2.35. The molecule has 0 aliphatic carbocycles. The van der Waals surface area contributed by atoms with Gasteiger partial charge >= 0.3 is 0 Å². The van der Waals surface area contributed by atoms with Gasteiger partial charge in [-0.3, -0.25) is 4.98 Å². The molecule has 3 aromatic rings. The van der Waals surface area contributed by atoms with E-state index >= 15 is 0 Å². The van der Waals surface area contributed by atoms with E-state index in [1.807, 2.05) is 28.2 Å². The van der Waals surface area contributed by atoms with Crippen LogP contribution in [0.5, 0.6) is 0 Å². The molecule has 4 heteroatoms. The van der Waals surface area contributed by atoms with Crippen LogP contribution in [0.1, 0.15) is 11.4 Å². The molecule has 0 amide bonds. The summed E-state index contributed by atoms with van der Waals surface area (Å²) in [6.45, 7) is 4.10. The van der Waals surface area contributed by atoms with Crippen molar-refractivity contribution < 1.29 is 4.63 Å². The molecule has 0 atom stereocenters. The normalized spacial score (nSPS) is 11.6. The zero-order valence-electron chi connectivity index (χ0n) is 8.10. The fraction of sp³-hybridized carbons (Fsp3) is 0.200. The first-order valence-electron chi connectivity index (χ1n) is 4.56. The number of pyridine rings is 1. The van der Waals surface area contributed by atoms with Crippen LogP contribution >= 0.6 is 0 Å². The summed E-state index contributed by atoms with van der Waals surface area (Å²) in [5, 5.41) is 4.45. The maximum atomic E-state index is 4.45. The molecule has 3 rings (SSSR count). The predicted molar refractivity (Wildman–Crippen MR) is 51.1 cm³/mol. The van der Waals surface area contributed by atoms with E-state index in [4.69, 9.17) is 0 Å². The third-order valence-corrected chi connectivity index (χ3v) is 2.43. The lowest BCUT2D eigenvalue weighted by Crippen LogP contribution is -2.32. The first-order chi connectivity index (χ1) is 6.77. The van der Waals surface area contributed by atoms with Gasteiger partial charge in [-0.2, -0.15) is 5.10 Å². The summed E-state index contributed by atoms with van der Waals surface area (Å²) in [4.78, 5) is 4.32. The summed E-state index contributed by atoms with van der Waals surface area (Å²) in [7, 11) is 0. The maximum Gasteiger partial charge on any atom is 0.199 e. The molecule has 3 aromatic heterocycles. The summed E-state index contributed by atoms with van der Waals surface area (Å²) < 4.78 is 3.90. The highest BCUT2D eigenvalue weighted by Crippen LogP contribution is 2.08. The lowest BCUT2D eigenvalue weighted by atomic mass is 10.4. The number of hydrogen-bond donors (Lipinski definition) is 0. The van der Waals surface area contributed by atoms with Gasteiger partial charge in [-0.1, -0.05) is 6.07 Å². The third-order valence-electron chi connectivity index (χ3n) is 2.43. The molecule has 0 aliphatic rings. The van der Waals surface area contributed by atoms with Crippen molar-refractivity contribution in [3.05, 3.63) is 35.8 Å². The Morgan fingerprint density at radius 2 is 2.29 bits per heavy atom. The van der Waals surface area contributed by atoms with Crippen molar-refractivity contribution in [1.29, 1.82) is 0 Å². The molecule has 0 bridgehead atoms. The standard InChI is InChI=1S/C10H10N4/c1-7-6-8(2)14-12-9-4-3-5-11-10(9)13(7)14/h3-6H,1-2H3. The topological polar surface area (TPSA) is 35.5 Å². The van der Waals surface area contributed by atoms with Crippen LogP contribution in [0.4, 0.5) is 0 Å². The van der Waals surface area contributed by atoms with Crippen LogP contribution in [0.2, 0.25) is 0 Å². The van der Waals surface area contributed by atoms with Gasteiger partial charge in [0.15, 0.2) is 5.69 Å². The Morgan fingerprint density at radius 1 is 1.43 bits per heavy atom. The Labute approximate surface area is 80.8 Å². The number of fused-ring (bicyclic) bond motifs is 3. The molecule has 0 fully saturated rings. The van der Waals surface area contributed by atoms with Gasteiger partial charge < -0.3 is 0 Å². The van der Waals surface area contributed by atoms with Crippen LogP contribution in [-0.4, -0.2) is 9.50 Å². The van der Waals surface area contributed by atoms with Gasteiger partial charge in [0.2, 0.25) is 0 Å². The van der Waals surface area contributed by atoms with Crippen LogP contribution in [0.3, 0.4) is 0 Å². The molecule has 0 spiro atoms. The number of aromatic nitrogens is 4. The Morgan fingerprint density at radius 3 is 3.14 bits per heavy atom. The van der Waals surface area contributed by atoms with Crippen molar-refractivity contribution in [2.45, 2.75) is 13.8 Å². The minimum Gasteiger partial charge on any atom is -0.255 e. The first kappa shape index (κ1) is 7.55. The minimum absolute atomic E-state index is 0.915. The molecule has 4 nitrogen and oxygen atoms in total. The van der Waals surface area contributed by atoms with Crippen LogP contribution in [0.25, 0.3) is 11.2 Å². The highest BCUT2D eigenvalue weighted by Gasteiger charge is 2.09. The van der Waals surface area contributed by atoms with Gasteiger partial charge in [0.1, 0.15) is 5.65 Å². The fourth-order valence-electron chi connectivity index (χ4n) is 1.84. The smallest absolute Gasteiger partial charge is 0.199 e. The third kappa shape index (κ3) is 0.775. The molecule has 70 valence electrons. The van der Waals surface area contributed by atoms with Crippen LogP contribution in [0, 0.1) is 13.8 Å². The zero-order chi connectivity index (χ0) is 9.71. The Bertz CT molecular complexity index is 617. The van der Waals surface area contributed by atoms with E-state index in [-0.39, 0.29) is 0 Å². The van der Waals surface area contributed by atoms with Gasteiger partial charge in [0.05, 0.1) is 0 Å². The van der Waals surface area contributed by atoms with Crippen molar-refractivity contribution in [2.75, 3.05) is 0 Å². The molecular formula is C10H10N4. The fourth-order valence-corrected chi connectivity index (χ4v) is 1.84. The van der Waals surface area contributed by atoms with Crippen molar-refractivity contribution in [3.63, 3.8) is 0 Å². The van der Waals surface area contributed by atoms with Gasteiger partial charge in [0.25, 0.3) is 0 Å². The van der Waals surface area contributed by atoms with Gasteiger partial charge in [-0.15, -0.1) is 4.63 Å². The van der Waals surface area contributed by atoms with Crippen molar-refractivity contribution >= 4 is 11.2 Å². The van der Waals surface area contributed by atoms with E-state index in [0.29, 0.717) is 0 Å². The average Bonchev–Trinajstić information content (AvgIpc) is 2.66. The number of rotatable bonds is 0. The highest BCUT2D eigenvalue weighted by molar-refractivity contribution is 5.68. The SMILES string of the molecule is Cc1cc(C)[n+]2[n-]c3cccnc3n12. The summed E-state index contributed by atoms with van der Waals surface area (Å²) in [5.74, 6) is 0. The molecule has 0 aliphatic heterocycles. The minimum atomic E-state index is 0.915. The van der Waals surface area contributed by atoms with E-state index < -0.39 is 0 Å². The average molecular weight is 186 g/mol. The molecule has 0 N–H and O–H groups in total. The maximum absolute atomic E-state index is 4.45. The second-order valence-electron chi connectivity index (χ2n) is 3.47. The monoisotopic (exact) mass is 186 g/mol. The summed E-state index contributed by atoms with van der Waals surface area (Å²) in [6.07, 6.45) is 1.79. The van der Waals surface area contributed by atoms with E-state index in [1.54, 1.807) is 6.20 Å². The van der Waals surface area contributed by atoms with Gasteiger partial charge in [0, 0.05) is 30.4 Å². The Kier molecular flexibility index (Phi) is 1.27. The Balaban J connectivity index is 2.65. The Hall–Kier alpha value is -1.84. The number of hydrogen-bond acceptors (Lipinski definition) is 1. The van der Waals surface area contributed by atoms with E-state index in [1.165, 1.54) is 0 Å². The molecule has 3 heterocycles. The largest absolute Gasteiger partial charge is 0.255 e. The predicted octanol–water partition coefficient (Wildman–Crippen LogP) is 0.647. The van der Waals surface area contributed by atoms with Crippen LogP contribution in [0.15, 0.2) is 24.4 Å². The lowest BCUT2D eigenvalue weighted by molar-refractivity contribution is -0.680. The van der Waals surface area contributed by atoms with Crippen molar-refractivity contribution in [3.8, 4) is 0 Å². The van der Waals surface area contributed by atoms with Crippen molar-refractivity contribution in [2.24, 2.45) is 0 Å². The van der Waals surface area contributed by atoms with Crippen LogP contribution < -0.4 is 9.73 Å². The quantitative estimate of drug-likeness (QED) is 0.483. The molecule has 0 aromatic carbocycles. The van der Waals surface area contributed by atoms with Crippen LogP contribution in [-0.2, 0) is 0 Å². The molecular weight excluding hydrogens is 176 g/mol. The summed E-state index contributed by atoms with van der Waals surface area (Å²) in [6, 6.07) is 5.97. The molecule has 0 saturated carbocycles. The molecule has 0 saturated heterocycles. The van der Waals surface area contributed by atoms with E-state index in [2.05, 4.69) is 23.1 Å². The first-order valence-corrected chi connectivity index (χ1v) is 4.56. The molecule has 14 heavy (non-hydrogen) atoms. The highest BCUT2D eigenvalue weighted by atomic mass is 15.5. The molecule has 0 unspecified atom stereocenters. The molecule has 0 radical (unpaired) electrons. The summed E-state index contributed by atoms with van der Waals surface area (Å²) >= 11 is 0. The zero-order valence-corrected chi connectivity index (χ0v) is 8.10. The lowest BCUT2D eigenvalue weighted by Gasteiger charge is -1.92. The number of aryl methyl sites for hydroxylation is 2. The number of nitrogens with zero attached hydrogens (tertiary/aromatic N) is 4. The van der Waals surface area contributed by atoms with Gasteiger partial charge in [-0.25, -0.2) is 4.52 Å². The van der Waals surface area contributed by atoms with Crippen molar-refractivity contribution in [1.82, 2.24) is 14.6 Å². The summed E-state index contributed by atoms with van der Waals surface area (Å²) in [5.41, 5.74) is 4.13.